The highest BCUT2D eigenvalue weighted by molar-refractivity contribution is 6.30. The first-order valence-corrected chi connectivity index (χ1v) is 7.71. The summed E-state index contributed by atoms with van der Waals surface area (Å²) in [6.45, 7) is 3.86. The van der Waals surface area contributed by atoms with Crippen molar-refractivity contribution >= 4 is 28.7 Å². The van der Waals surface area contributed by atoms with Crippen LogP contribution in [0.25, 0.3) is 11.1 Å². The molecule has 2 aromatic heterocycles. The first-order chi connectivity index (χ1) is 11.5. The molecule has 0 saturated carbocycles. The van der Waals surface area contributed by atoms with E-state index in [0.717, 1.165) is 0 Å². The van der Waals surface area contributed by atoms with Crippen LogP contribution in [0, 0.1) is 13.8 Å². The Bertz CT molecular complexity index is 891. The molecule has 6 nitrogen and oxygen atoms in total. The Balaban J connectivity index is 1.64. The Labute approximate surface area is 143 Å². The zero-order valence-corrected chi connectivity index (χ0v) is 14.0. The number of carbonyl (C=O) groups is 1. The second kappa shape index (κ2) is 6.88. The lowest BCUT2D eigenvalue weighted by Gasteiger charge is -2.08. The number of nitrogens with zero attached hydrogens (tertiary/aromatic N) is 2. The minimum Gasteiger partial charge on any atom is -0.490 e. The van der Waals surface area contributed by atoms with Crippen molar-refractivity contribution in [2.24, 2.45) is 0 Å². The molecule has 24 heavy (non-hydrogen) atoms. The van der Waals surface area contributed by atoms with Crippen LogP contribution in [-0.4, -0.2) is 29.3 Å². The zero-order valence-electron chi connectivity index (χ0n) is 13.2. The summed E-state index contributed by atoms with van der Waals surface area (Å²) in [6.07, 6.45) is 0. The molecule has 7 heteroatoms. The molecular formula is C17H15ClN2O4. The lowest BCUT2D eigenvalue weighted by atomic mass is 10.1. The van der Waals surface area contributed by atoms with Crippen LogP contribution in [0.3, 0.4) is 0 Å². The summed E-state index contributed by atoms with van der Waals surface area (Å²) in [5, 5.41) is 5.00. The second-order valence-electron chi connectivity index (χ2n) is 5.20. The van der Waals surface area contributed by atoms with Gasteiger partial charge in [-0.25, -0.2) is 9.78 Å². The van der Waals surface area contributed by atoms with Gasteiger partial charge in [0.1, 0.15) is 19.0 Å². The number of esters is 1. The Hall–Kier alpha value is -2.60. The van der Waals surface area contributed by atoms with E-state index in [0.29, 0.717) is 38.8 Å². The second-order valence-corrected chi connectivity index (χ2v) is 5.64. The summed E-state index contributed by atoms with van der Waals surface area (Å²) >= 11 is 5.88. The highest BCUT2D eigenvalue weighted by Gasteiger charge is 2.18. The number of hydrogen-bond acceptors (Lipinski definition) is 6. The van der Waals surface area contributed by atoms with Gasteiger partial charge in [0.25, 0.3) is 5.71 Å². The SMILES string of the molecule is Cc1cc(C(=O)OCCOc2cccc(Cl)c2)c2c(C)noc2n1. The molecule has 1 aromatic carbocycles. The normalized spacial score (nSPS) is 10.8. The Morgan fingerprint density at radius 1 is 1.25 bits per heavy atom. The van der Waals surface area contributed by atoms with Gasteiger partial charge < -0.3 is 14.0 Å². The molecule has 0 saturated heterocycles. The Morgan fingerprint density at radius 2 is 2.08 bits per heavy atom. The number of pyridine rings is 1. The molecule has 124 valence electrons. The van der Waals surface area contributed by atoms with Crippen LogP contribution in [0.15, 0.2) is 34.9 Å². The van der Waals surface area contributed by atoms with E-state index in [9.17, 15) is 4.79 Å². The smallest absolute Gasteiger partial charge is 0.339 e. The molecule has 3 rings (SSSR count). The molecule has 0 aliphatic carbocycles. The molecule has 0 bridgehead atoms. The number of fused-ring (bicyclic) bond motifs is 1. The van der Waals surface area contributed by atoms with Crippen molar-refractivity contribution in [3.63, 3.8) is 0 Å². The van der Waals surface area contributed by atoms with Gasteiger partial charge in [-0.2, -0.15) is 0 Å². The number of hydrogen-bond donors (Lipinski definition) is 0. The van der Waals surface area contributed by atoms with Crippen molar-refractivity contribution in [1.82, 2.24) is 10.1 Å². The van der Waals surface area contributed by atoms with Crippen molar-refractivity contribution in [1.29, 1.82) is 0 Å². The van der Waals surface area contributed by atoms with Gasteiger partial charge in [0.15, 0.2) is 0 Å². The monoisotopic (exact) mass is 346 g/mol. The highest BCUT2D eigenvalue weighted by Crippen LogP contribution is 2.22. The Morgan fingerprint density at radius 3 is 2.88 bits per heavy atom. The van der Waals surface area contributed by atoms with Crippen molar-refractivity contribution in [3.8, 4) is 5.75 Å². The summed E-state index contributed by atoms with van der Waals surface area (Å²) in [4.78, 5) is 16.5. The maximum Gasteiger partial charge on any atom is 0.339 e. The molecule has 0 aliphatic heterocycles. The Kier molecular flexibility index (Phi) is 4.66. The maximum atomic E-state index is 12.3. The fraction of sp³-hybridized carbons (Fsp3) is 0.235. The van der Waals surface area contributed by atoms with Gasteiger partial charge >= 0.3 is 5.97 Å². The van der Waals surface area contributed by atoms with Crippen LogP contribution in [-0.2, 0) is 4.74 Å². The molecule has 0 spiro atoms. The molecule has 0 N–H and O–H groups in total. The molecule has 0 fully saturated rings. The van der Waals surface area contributed by atoms with Gasteiger partial charge in [-0.05, 0) is 38.1 Å². The number of carbonyl (C=O) groups excluding carboxylic acids is 1. The van der Waals surface area contributed by atoms with Crippen LogP contribution in [0.5, 0.6) is 5.75 Å². The fourth-order valence-corrected chi connectivity index (χ4v) is 2.49. The van der Waals surface area contributed by atoms with Crippen LogP contribution in [0.2, 0.25) is 5.02 Å². The zero-order chi connectivity index (χ0) is 17.1. The van der Waals surface area contributed by atoms with Gasteiger partial charge in [0.2, 0.25) is 0 Å². The number of halogens is 1. The first kappa shape index (κ1) is 16.3. The van der Waals surface area contributed by atoms with E-state index in [-0.39, 0.29) is 13.2 Å². The third-order valence-electron chi connectivity index (χ3n) is 3.35. The molecule has 2 heterocycles. The first-order valence-electron chi connectivity index (χ1n) is 7.33. The van der Waals surface area contributed by atoms with Crippen molar-refractivity contribution in [2.75, 3.05) is 13.2 Å². The largest absolute Gasteiger partial charge is 0.490 e. The summed E-state index contributed by atoms with van der Waals surface area (Å²) in [6, 6.07) is 8.68. The quantitative estimate of drug-likeness (QED) is 0.517. The van der Waals surface area contributed by atoms with E-state index in [4.69, 9.17) is 25.6 Å². The van der Waals surface area contributed by atoms with Gasteiger partial charge in [-0.15, -0.1) is 0 Å². The molecule has 3 aromatic rings. The highest BCUT2D eigenvalue weighted by atomic mass is 35.5. The molecular weight excluding hydrogens is 332 g/mol. The number of aryl methyl sites for hydroxylation is 2. The molecule has 0 aliphatic rings. The molecule has 0 amide bonds. The lowest BCUT2D eigenvalue weighted by molar-refractivity contribution is 0.0452. The molecule has 0 unspecified atom stereocenters. The number of ether oxygens (including phenoxy) is 2. The van der Waals surface area contributed by atoms with E-state index in [1.807, 2.05) is 0 Å². The number of aromatic nitrogens is 2. The van der Waals surface area contributed by atoms with E-state index < -0.39 is 5.97 Å². The van der Waals surface area contributed by atoms with Crippen molar-refractivity contribution < 1.29 is 18.8 Å². The van der Waals surface area contributed by atoms with Crippen molar-refractivity contribution in [2.45, 2.75) is 13.8 Å². The third-order valence-corrected chi connectivity index (χ3v) is 3.58. The van der Waals surface area contributed by atoms with E-state index in [2.05, 4.69) is 10.1 Å². The predicted octanol–water partition coefficient (Wildman–Crippen LogP) is 3.73. The van der Waals surface area contributed by atoms with Gasteiger partial charge in [-0.1, -0.05) is 22.8 Å². The fourth-order valence-electron chi connectivity index (χ4n) is 2.31. The van der Waals surface area contributed by atoms with Crippen LogP contribution in [0.4, 0.5) is 0 Å². The van der Waals surface area contributed by atoms with Crippen LogP contribution >= 0.6 is 11.6 Å². The minimum atomic E-state index is -0.466. The lowest BCUT2D eigenvalue weighted by Crippen LogP contribution is -2.13. The number of rotatable bonds is 5. The summed E-state index contributed by atoms with van der Waals surface area (Å²) in [5.74, 6) is 0.155. The van der Waals surface area contributed by atoms with E-state index in [1.165, 1.54) is 0 Å². The summed E-state index contributed by atoms with van der Waals surface area (Å²) in [5.41, 5.74) is 1.97. The van der Waals surface area contributed by atoms with Crippen LogP contribution < -0.4 is 4.74 Å². The summed E-state index contributed by atoms with van der Waals surface area (Å²) < 4.78 is 15.9. The number of benzene rings is 1. The van der Waals surface area contributed by atoms with Crippen LogP contribution in [0.1, 0.15) is 21.7 Å². The van der Waals surface area contributed by atoms with Gasteiger partial charge in [-0.3, -0.25) is 0 Å². The average Bonchev–Trinajstić information content (AvgIpc) is 2.91. The van der Waals surface area contributed by atoms with Gasteiger partial charge in [0.05, 0.1) is 16.6 Å². The standard InChI is InChI=1S/C17H15ClN2O4/c1-10-8-14(15-11(2)20-24-16(15)19-10)17(21)23-7-6-22-13-5-3-4-12(18)9-13/h3-5,8-9H,6-7H2,1-2H3. The van der Waals surface area contributed by atoms with Crippen molar-refractivity contribution in [3.05, 3.63) is 52.3 Å². The molecule has 0 atom stereocenters. The summed E-state index contributed by atoms with van der Waals surface area (Å²) in [7, 11) is 0. The molecule has 0 radical (unpaired) electrons. The maximum absolute atomic E-state index is 12.3. The topological polar surface area (TPSA) is 74.5 Å². The minimum absolute atomic E-state index is 0.110. The predicted molar refractivity (Wildman–Crippen MR) is 88.5 cm³/mol. The average molecular weight is 347 g/mol. The van der Waals surface area contributed by atoms with E-state index in [1.54, 1.807) is 44.2 Å². The third kappa shape index (κ3) is 3.49. The van der Waals surface area contributed by atoms with E-state index >= 15 is 0 Å². The van der Waals surface area contributed by atoms with Gasteiger partial charge in [0, 0.05) is 10.7 Å².